The molecule has 2 saturated heterocycles. The number of carbonyl (C=O) groups excluding carboxylic acids is 3. The van der Waals surface area contributed by atoms with Gasteiger partial charge in [0.15, 0.2) is 11.5 Å². The highest BCUT2D eigenvalue weighted by atomic mass is 32.2. The Kier molecular flexibility index (Phi) is 6.07. The van der Waals surface area contributed by atoms with Crippen LogP contribution in [-0.2, 0) is 24.4 Å². The molecule has 3 aliphatic heterocycles. The van der Waals surface area contributed by atoms with Crippen LogP contribution in [-0.4, -0.2) is 86.2 Å². The molecule has 3 heterocycles. The van der Waals surface area contributed by atoms with Gasteiger partial charge in [0.05, 0.1) is 16.7 Å². The Morgan fingerprint density at radius 2 is 1.53 bits per heavy atom. The number of sulfonamides is 1. The van der Waals surface area contributed by atoms with E-state index in [2.05, 4.69) is 0 Å². The third kappa shape index (κ3) is 4.07. The Morgan fingerprint density at radius 1 is 0.912 bits per heavy atom. The number of carbonyl (C=O) groups is 3. The zero-order chi connectivity index (χ0) is 23.9. The molecule has 1 aromatic rings. The maximum absolute atomic E-state index is 13.1. The first-order chi connectivity index (χ1) is 16.4. The van der Waals surface area contributed by atoms with Crippen LogP contribution in [0, 0.1) is 11.8 Å². The molecule has 0 aromatic heterocycles. The molecule has 0 spiro atoms. The Balaban J connectivity index is 1.16. The maximum Gasteiger partial charge on any atom is 0.243 e. The van der Waals surface area contributed by atoms with E-state index < -0.39 is 10.0 Å². The lowest BCUT2D eigenvalue weighted by atomic mass is 9.85. The van der Waals surface area contributed by atoms with Gasteiger partial charge in [0.2, 0.25) is 27.7 Å². The molecule has 1 aliphatic carbocycles. The third-order valence-corrected chi connectivity index (χ3v) is 8.79. The summed E-state index contributed by atoms with van der Waals surface area (Å²) in [5, 5.41) is 0. The van der Waals surface area contributed by atoms with Crippen molar-refractivity contribution in [3.63, 3.8) is 0 Å². The highest BCUT2D eigenvalue weighted by Gasteiger charge is 2.47. The van der Waals surface area contributed by atoms with Crippen LogP contribution in [0.5, 0.6) is 11.5 Å². The van der Waals surface area contributed by atoms with E-state index in [4.69, 9.17) is 9.47 Å². The van der Waals surface area contributed by atoms with Gasteiger partial charge in [0, 0.05) is 45.2 Å². The highest BCUT2D eigenvalue weighted by Crippen LogP contribution is 2.35. The number of imide groups is 1. The lowest BCUT2D eigenvalue weighted by molar-refractivity contribution is -0.141. The molecule has 5 rings (SSSR count). The van der Waals surface area contributed by atoms with Gasteiger partial charge >= 0.3 is 0 Å². The molecular formula is C23H27N3O7S. The lowest BCUT2D eigenvalue weighted by Crippen LogP contribution is -2.51. The van der Waals surface area contributed by atoms with Crippen LogP contribution < -0.4 is 9.47 Å². The second-order valence-electron chi connectivity index (χ2n) is 8.82. The minimum atomic E-state index is -3.74. The summed E-state index contributed by atoms with van der Waals surface area (Å²) in [4.78, 5) is 40.8. The van der Waals surface area contributed by atoms with E-state index in [1.54, 1.807) is 11.0 Å². The van der Waals surface area contributed by atoms with Crippen molar-refractivity contribution in [1.29, 1.82) is 0 Å². The van der Waals surface area contributed by atoms with Gasteiger partial charge < -0.3 is 14.4 Å². The number of ether oxygens (including phenoxy) is 2. The Labute approximate surface area is 198 Å². The van der Waals surface area contributed by atoms with Crippen molar-refractivity contribution >= 4 is 27.7 Å². The van der Waals surface area contributed by atoms with Gasteiger partial charge in [-0.25, -0.2) is 8.42 Å². The first kappa shape index (κ1) is 22.9. The maximum atomic E-state index is 13.1. The molecule has 0 saturated carbocycles. The number of allylic oxidation sites excluding steroid dienone is 2. The van der Waals surface area contributed by atoms with Crippen LogP contribution >= 0.6 is 0 Å². The minimum absolute atomic E-state index is 0.0409. The zero-order valence-corrected chi connectivity index (χ0v) is 19.5. The molecule has 0 bridgehead atoms. The number of hydrogen-bond acceptors (Lipinski definition) is 7. The van der Waals surface area contributed by atoms with Crippen molar-refractivity contribution in [1.82, 2.24) is 14.1 Å². The summed E-state index contributed by atoms with van der Waals surface area (Å²) in [6, 6.07) is 4.56. The van der Waals surface area contributed by atoms with Crippen LogP contribution in [0.1, 0.15) is 19.3 Å². The molecule has 1 aromatic carbocycles. The fourth-order valence-corrected chi connectivity index (χ4v) is 6.40. The number of rotatable bonds is 5. The summed E-state index contributed by atoms with van der Waals surface area (Å²) in [5.41, 5.74) is 0. The Bertz CT molecular complexity index is 1120. The molecule has 0 radical (unpaired) electrons. The standard InChI is InChI=1S/C23H27N3O7S/c27-21(7-8-26-22(28)17-3-1-2-4-18(17)23(26)29)24-9-11-25(12-10-24)34(30,31)16-5-6-19-20(15-16)33-14-13-32-19/h1-2,5-6,15,17-18H,3-4,7-14H2/t17-,18+. The largest absolute Gasteiger partial charge is 0.486 e. The monoisotopic (exact) mass is 489 g/mol. The molecule has 34 heavy (non-hydrogen) atoms. The molecule has 10 nitrogen and oxygen atoms in total. The molecule has 3 amide bonds. The first-order valence-electron chi connectivity index (χ1n) is 11.5. The number of fused-ring (bicyclic) bond motifs is 2. The number of amides is 3. The number of hydrogen-bond donors (Lipinski definition) is 0. The highest BCUT2D eigenvalue weighted by molar-refractivity contribution is 7.89. The quantitative estimate of drug-likeness (QED) is 0.440. The van der Waals surface area contributed by atoms with Crippen LogP contribution in [0.3, 0.4) is 0 Å². The van der Waals surface area contributed by atoms with Crippen molar-refractivity contribution in [3.8, 4) is 11.5 Å². The number of likely N-dealkylation sites (tertiary alicyclic amines) is 1. The molecule has 182 valence electrons. The molecule has 2 fully saturated rings. The predicted molar refractivity (Wildman–Crippen MR) is 119 cm³/mol. The van der Waals surface area contributed by atoms with E-state index in [9.17, 15) is 22.8 Å². The minimum Gasteiger partial charge on any atom is -0.486 e. The van der Waals surface area contributed by atoms with Crippen LogP contribution in [0.15, 0.2) is 35.2 Å². The van der Waals surface area contributed by atoms with Crippen molar-refractivity contribution < 1.29 is 32.3 Å². The van der Waals surface area contributed by atoms with Gasteiger partial charge in [0.1, 0.15) is 13.2 Å². The summed E-state index contributed by atoms with van der Waals surface area (Å²) in [6.45, 7) is 1.69. The fourth-order valence-electron chi connectivity index (χ4n) is 4.97. The number of benzene rings is 1. The molecule has 11 heteroatoms. The van der Waals surface area contributed by atoms with Crippen LogP contribution in [0.2, 0.25) is 0 Å². The van der Waals surface area contributed by atoms with Gasteiger partial charge in [-0.2, -0.15) is 4.31 Å². The average Bonchev–Trinajstić information content (AvgIpc) is 3.11. The van der Waals surface area contributed by atoms with E-state index >= 15 is 0 Å². The zero-order valence-electron chi connectivity index (χ0n) is 18.7. The summed E-state index contributed by atoms with van der Waals surface area (Å²) >= 11 is 0. The Morgan fingerprint density at radius 3 is 2.18 bits per heavy atom. The topological polar surface area (TPSA) is 114 Å². The van der Waals surface area contributed by atoms with Crippen LogP contribution in [0.4, 0.5) is 0 Å². The van der Waals surface area contributed by atoms with Crippen molar-refractivity contribution in [2.75, 3.05) is 45.9 Å². The van der Waals surface area contributed by atoms with Crippen molar-refractivity contribution in [2.45, 2.75) is 24.2 Å². The summed E-state index contributed by atoms with van der Waals surface area (Å²) < 4.78 is 38.5. The number of nitrogens with zero attached hydrogens (tertiary/aromatic N) is 3. The van der Waals surface area contributed by atoms with E-state index in [0.29, 0.717) is 37.6 Å². The van der Waals surface area contributed by atoms with Gasteiger partial charge in [-0.05, 0) is 25.0 Å². The van der Waals surface area contributed by atoms with Gasteiger partial charge in [-0.3, -0.25) is 19.3 Å². The first-order valence-corrected chi connectivity index (χ1v) is 13.0. The van der Waals surface area contributed by atoms with E-state index in [0.717, 1.165) is 0 Å². The smallest absolute Gasteiger partial charge is 0.243 e. The third-order valence-electron chi connectivity index (χ3n) is 6.89. The summed E-state index contributed by atoms with van der Waals surface area (Å²) in [7, 11) is -3.74. The van der Waals surface area contributed by atoms with Gasteiger partial charge in [-0.1, -0.05) is 12.2 Å². The molecular weight excluding hydrogens is 462 g/mol. The molecule has 0 unspecified atom stereocenters. The van der Waals surface area contributed by atoms with E-state index in [1.807, 2.05) is 12.2 Å². The number of piperazine rings is 1. The predicted octanol–water partition coefficient (Wildman–Crippen LogP) is 0.632. The van der Waals surface area contributed by atoms with Crippen molar-refractivity contribution in [3.05, 3.63) is 30.4 Å². The van der Waals surface area contributed by atoms with Gasteiger partial charge in [-0.15, -0.1) is 0 Å². The second kappa shape index (κ2) is 9.03. The SMILES string of the molecule is O=C(CCN1C(=O)[C@H]2CC=CC[C@H]2C1=O)N1CCN(S(=O)(=O)c2ccc3c(c2)OCCO3)CC1. The van der Waals surface area contributed by atoms with Gasteiger partial charge in [0.25, 0.3) is 0 Å². The lowest BCUT2D eigenvalue weighted by Gasteiger charge is -2.34. The van der Waals surface area contributed by atoms with Crippen molar-refractivity contribution in [2.24, 2.45) is 11.8 Å². The molecule has 2 atom stereocenters. The van der Waals surface area contributed by atoms with E-state index in [1.165, 1.54) is 21.3 Å². The van der Waals surface area contributed by atoms with Crippen LogP contribution in [0.25, 0.3) is 0 Å². The summed E-state index contributed by atoms with van der Waals surface area (Å²) in [6.07, 6.45) is 5.04. The average molecular weight is 490 g/mol. The fraction of sp³-hybridized carbons (Fsp3) is 0.522. The van der Waals surface area contributed by atoms with E-state index in [-0.39, 0.29) is 73.6 Å². The Hall–Kier alpha value is -2.92. The normalized spacial score (nSPS) is 24.9. The molecule has 4 aliphatic rings. The second-order valence-corrected chi connectivity index (χ2v) is 10.8. The summed E-state index contributed by atoms with van der Waals surface area (Å²) in [5.74, 6) is -0.257. The molecule has 0 N–H and O–H groups in total.